The number of esters is 1. The number of ether oxygens (including phenoxy) is 1. The van der Waals surface area contributed by atoms with Crippen LogP contribution in [0.1, 0.15) is 44.6 Å². The molecule has 0 atom stereocenters. The van der Waals surface area contributed by atoms with E-state index < -0.39 is 0 Å². The minimum atomic E-state index is -0.241. The molecule has 0 heterocycles. The highest BCUT2D eigenvalue weighted by Crippen LogP contribution is 2.24. The third-order valence-corrected chi connectivity index (χ3v) is 4.47. The summed E-state index contributed by atoms with van der Waals surface area (Å²) < 4.78 is 4.97. The van der Waals surface area contributed by atoms with Crippen LogP contribution >= 0.6 is 11.6 Å². The predicted molar refractivity (Wildman–Crippen MR) is 90.4 cm³/mol. The Balaban J connectivity index is 1.98. The van der Waals surface area contributed by atoms with Crippen molar-refractivity contribution in [2.75, 3.05) is 13.2 Å². The Morgan fingerprint density at radius 3 is 2.48 bits per heavy atom. The number of carbonyl (C=O) groups is 2. The van der Waals surface area contributed by atoms with E-state index in [1.165, 1.54) is 0 Å². The Hall–Kier alpha value is -1.55. The van der Waals surface area contributed by atoms with Crippen LogP contribution in [0.15, 0.2) is 24.3 Å². The van der Waals surface area contributed by atoms with Crippen LogP contribution in [-0.4, -0.2) is 36.0 Å². The van der Waals surface area contributed by atoms with Gasteiger partial charge in [0.1, 0.15) is 0 Å². The summed E-state index contributed by atoms with van der Waals surface area (Å²) in [4.78, 5) is 26.2. The first kappa shape index (κ1) is 17.8. The molecule has 4 nitrogen and oxygen atoms in total. The van der Waals surface area contributed by atoms with Crippen LogP contribution in [0.4, 0.5) is 0 Å². The first-order chi connectivity index (χ1) is 11.1. The van der Waals surface area contributed by atoms with Crippen molar-refractivity contribution in [3.63, 3.8) is 0 Å². The number of amides is 1. The van der Waals surface area contributed by atoms with Crippen molar-refractivity contribution in [2.24, 2.45) is 0 Å². The van der Waals surface area contributed by atoms with E-state index in [0.717, 1.165) is 31.2 Å². The van der Waals surface area contributed by atoms with Gasteiger partial charge in [0.05, 0.1) is 19.4 Å². The van der Waals surface area contributed by atoms with Crippen molar-refractivity contribution in [2.45, 2.75) is 51.5 Å². The van der Waals surface area contributed by atoms with Crippen molar-refractivity contribution >= 4 is 23.5 Å². The molecule has 1 amide bonds. The molecule has 0 bridgehead atoms. The first-order valence-electron chi connectivity index (χ1n) is 8.29. The second kappa shape index (κ2) is 8.92. The van der Waals surface area contributed by atoms with Crippen molar-refractivity contribution in [1.82, 2.24) is 4.90 Å². The Kier molecular flexibility index (Phi) is 6.90. The van der Waals surface area contributed by atoms with Crippen LogP contribution in [0.5, 0.6) is 0 Å². The van der Waals surface area contributed by atoms with E-state index >= 15 is 0 Å². The maximum Gasteiger partial charge on any atom is 0.307 e. The van der Waals surface area contributed by atoms with Gasteiger partial charge in [0.25, 0.3) is 0 Å². The van der Waals surface area contributed by atoms with Gasteiger partial charge in [-0.3, -0.25) is 9.59 Å². The quantitative estimate of drug-likeness (QED) is 0.714. The molecule has 5 heteroatoms. The lowest BCUT2D eigenvalue weighted by atomic mass is 10.1. The third kappa shape index (κ3) is 5.54. The van der Waals surface area contributed by atoms with Crippen LogP contribution in [0.25, 0.3) is 0 Å². The molecule has 1 saturated carbocycles. The maximum atomic E-state index is 12.7. The van der Waals surface area contributed by atoms with Gasteiger partial charge in [-0.15, -0.1) is 0 Å². The second-order valence-corrected chi connectivity index (χ2v) is 6.32. The first-order valence-corrected chi connectivity index (χ1v) is 8.67. The fourth-order valence-electron chi connectivity index (χ4n) is 3.05. The number of halogens is 1. The number of hydrogen-bond acceptors (Lipinski definition) is 3. The Morgan fingerprint density at radius 2 is 1.87 bits per heavy atom. The summed E-state index contributed by atoms with van der Waals surface area (Å²) >= 11 is 5.88. The smallest absolute Gasteiger partial charge is 0.307 e. The zero-order valence-corrected chi connectivity index (χ0v) is 14.3. The summed E-state index contributed by atoms with van der Waals surface area (Å²) in [6.45, 7) is 2.61. The lowest BCUT2D eigenvalue weighted by Gasteiger charge is -2.29. The molecular weight excluding hydrogens is 314 g/mol. The molecule has 1 fully saturated rings. The van der Waals surface area contributed by atoms with Gasteiger partial charge in [0.15, 0.2) is 0 Å². The molecule has 0 aliphatic heterocycles. The largest absolute Gasteiger partial charge is 0.466 e. The van der Waals surface area contributed by atoms with Crippen molar-refractivity contribution in [3.05, 3.63) is 34.9 Å². The highest BCUT2D eigenvalue weighted by atomic mass is 35.5. The van der Waals surface area contributed by atoms with E-state index in [2.05, 4.69) is 0 Å². The van der Waals surface area contributed by atoms with E-state index in [1.807, 2.05) is 17.0 Å². The molecule has 0 spiro atoms. The monoisotopic (exact) mass is 337 g/mol. The highest BCUT2D eigenvalue weighted by Gasteiger charge is 2.27. The minimum absolute atomic E-state index is 0.0727. The molecule has 126 valence electrons. The van der Waals surface area contributed by atoms with Gasteiger partial charge in [-0.2, -0.15) is 0 Å². The van der Waals surface area contributed by atoms with Gasteiger partial charge in [0.2, 0.25) is 5.91 Å². The minimum Gasteiger partial charge on any atom is -0.466 e. The zero-order chi connectivity index (χ0) is 16.7. The highest BCUT2D eigenvalue weighted by molar-refractivity contribution is 6.30. The lowest BCUT2D eigenvalue weighted by molar-refractivity contribution is -0.144. The predicted octanol–water partition coefficient (Wildman–Crippen LogP) is 3.61. The summed E-state index contributed by atoms with van der Waals surface area (Å²) in [5, 5.41) is 0.663. The van der Waals surface area contributed by atoms with Gasteiger partial charge >= 0.3 is 5.97 Å². The van der Waals surface area contributed by atoms with Crippen LogP contribution in [0.2, 0.25) is 5.02 Å². The van der Waals surface area contributed by atoms with Crippen LogP contribution in [0.3, 0.4) is 0 Å². The van der Waals surface area contributed by atoms with E-state index in [-0.39, 0.29) is 24.3 Å². The molecule has 0 saturated heterocycles. The van der Waals surface area contributed by atoms with Gasteiger partial charge in [-0.05, 0) is 37.5 Å². The molecule has 0 unspecified atom stereocenters. The van der Waals surface area contributed by atoms with Crippen LogP contribution in [0, 0.1) is 0 Å². The summed E-state index contributed by atoms with van der Waals surface area (Å²) in [5.74, 6) is -0.168. The third-order valence-electron chi connectivity index (χ3n) is 4.22. The number of carbonyl (C=O) groups excluding carboxylic acids is 2. The van der Waals surface area contributed by atoms with Crippen molar-refractivity contribution in [3.8, 4) is 0 Å². The topological polar surface area (TPSA) is 46.6 Å². The Labute approximate surface area is 142 Å². The standard InChI is InChI=1S/C18H24ClNO3/c1-2-23-18(22)11-12-20(16-5-3-4-6-16)17(21)13-14-7-9-15(19)10-8-14/h7-10,16H,2-6,11-13H2,1H3. The van der Waals surface area contributed by atoms with Crippen LogP contribution in [-0.2, 0) is 20.7 Å². The van der Waals surface area contributed by atoms with Gasteiger partial charge in [-0.25, -0.2) is 0 Å². The Morgan fingerprint density at radius 1 is 1.22 bits per heavy atom. The van der Waals surface area contributed by atoms with E-state index in [0.29, 0.717) is 24.6 Å². The zero-order valence-electron chi connectivity index (χ0n) is 13.6. The van der Waals surface area contributed by atoms with Crippen molar-refractivity contribution < 1.29 is 14.3 Å². The molecule has 0 radical (unpaired) electrons. The molecule has 1 aliphatic carbocycles. The van der Waals surface area contributed by atoms with E-state index in [4.69, 9.17) is 16.3 Å². The average Bonchev–Trinajstić information content (AvgIpc) is 3.04. The normalized spacial score (nSPS) is 14.7. The molecule has 0 aromatic heterocycles. The maximum absolute atomic E-state index is 12.7. The van der Waals surface area contributed by atoms with Gasteiger partial charge in [0, 0.05) is 17.6 Å². The summed E-state index contributed by atoms with van der Waals surface area (Å²) in [5.41, 5.74) is 0.943. The van der Waals surface area contributed by atoms with Crippen molar-refractivity contribution in [1.29, 1.82) is 0 Å². The summed E-state index contributed by atoms with van der Waals surface area (Å²) in [7, 11) is 0. The molecule has 2 rings (SSSR count). The van der Waals surface area contributed by atoms with Crippen LogP contribution < -0.4 is 0 Å². The second-order valence-electron chi connectivity index (χ2n) is 5.88. The van der Waals surface area contributed by atoms with E-state index in [1.54, 1.807) is 19.1 Å². The van der Waals surface area contributed by atoms with Gasteiger partial charge < -0.3 is 9.64 Å². The van der Waals surface area contributed by atoms with E-state index in [9.17, 15) is 9.59 Å². The number of nitrogens with zero attached hydrogens (tertiary/aromatic N) is 1. The Bertz CT molecular complexity index is 524. The lowest BCUT2D eigenvalue weighted by Crippen LogP contribution is -2.41. The van der Waals surface area contributed by atoms with Gasteiger partial charge in [-0.1, -0.05) is 36.6 Å². The number of benzene rings is 1. The summed E-state index contributed by atoms with van der Waals surface area (Å²) in [6, 6.07) is 7.59. The number of hydrogen-bond donors (Lipinski definition) is 0. The molecule has 23 heavy (non-hydrogen) atoms. The molecule has 1 aliphatic rings. The SMILES string of the molecule is CCOC(=O)CCN(C(=O)Cc1ccc(Cl)cc1)C1CCCC1. The number of rotatable bonds is 7. The molecular formula is C18H24ClNO3. The molecule has 1 aromatic carbocycles. The molecule has 1 aromatic rings. The average molecular weight is 338 g/mol. The fraction of sp³-hybridized carbons (Fsp3) is 0.556. The fourth-order valence-corrected chi connectivity index (χ4v) is 3.18. The summed E-state index contributed by atoms with van der Waals surface area (Å²) in [6.07, 6.45) is 4.95. The molecule has 0 N–H and O–H groups in total.